The molecule has 0 aromatic carbocycles. The summed E-state index contributed by atoms with van der Waals surface area (Å²) >= 11 is 1.67. The van der Waals surface area contributed by atoms with Crippen molar-refractivity contribution in [1.29, 1.82) is 0 Å². The van der Waals surface area contributed by atoms with Gasteiger partial charge in [0.2, 0.25) is 0 Å². The first-order chi connectivity index (χ1) is 11.2. The third kappa shape index (κ3) is 3.48. The number of hydrogen-bond donors (Lipinski definition) is 0. The lowest BCUT2D eigenvalue weighted by atomic mass is 10.2. The highest BCUT2D eigenvalue weighted by atomic mass is 32.1. The minimum atomic E-state index is 0.647. The van der Waals surface area contributed by atoms with Crippen molar-refractivity contribution >= 4 is 27.4 Å². The third-order valence-electron chi connectivity index (χ3n) is 3.67. The molecule has 0 aliphatic heterocycles. The molecular formula is C17H20N4OS. The molecule has 23 heavy (non-hydrogen) atoms. The van der Waals surface area contributed by atoms with E-state index in [4.69, 9.17) is 9.72 Å². The number of ether oxygens (including phenoxy) is 1. The molecule has 5 nitrogen and oxygen atoms in total. The first kappa shape index (κ1) is 15.8. The summed E-state index contributed by atoms with van der Waals surface area (Å²) in [6.45, 7) is 6.22. The molecule has 3 heterocycles. The predicted octanol–water partition coefficient (Wildman–Crippen LogP) is 3.36. The van der Waals surface area contributed by atoms with E-state index < -0.39 is 0 Å². The molecule has 0 unspecified atom stereocenters. The van der Waals surface area contributed by atoms with Gasteiger partial charge in [0, 0.05) is 32.6 Å². The number of nitrogens with zero attached hydrogens (tertiary/aromatic N) is 4. The molecule has 0 fully saturated rings. The maximum absolute atomic E-state index is 5.29. The summed E-state index contributed by atoms with van der Waals surface area (Å²) < 4.78 is 5.29. The van der Waals surface area contributed by atoms with Crippen molar-refractivity contribution in [2.24, 2.45) is 0 Å². The average Bonchev–Trinajstić information content (AvgIpc) is 2.92. The van der Waals surface area contributed by atoms with Gasteiger partial charge in [0.05, 0.1) is 12.0 Å². The molecule has 3 aromatic rings. The molecule has 0 aliphatic rings. The molecule has 0 aliphatic carbocycles. The predicted molar refractivity (Wildman–Crippen MR) is 94.1 cm³/mol. The van der Waals surface area contributed by atoms with Crippen molar-refractivity contribution in [3.05, 3.63) is 46.9 Å². The van der Waals surface area contributed by atoms with Crippen LogP contribution in [0.3, 0.4) is 0 Å². The molecule has 0 spiro atoms. The normalized spacial score (nSPS) is 11.1. The van der Waals surface area contributed by atoms with Crippen LogP contribution in [0.15, 0.2) is 29.9 Å². The summed E-state index contributed by atoms with van der Waals surface area (Å²) in [5.74, 6) is 1.77. The van der Waals surface area contributed by atoms with Crippen molar-refractivity contribution < 1.29 is 4.74 Å². The highest BCUT2D eigenvalue weighted by Gasteiger charge is 2.17. The molecule has 0 atom stereocenters. The second-order valence-corrected chi connectivity index (χ2v) is 6.33. The number of aromatic nitrogens is 3. The van der Waals surface area contributed by atoms with E-state index >= 15 is 0 Å². The Bertz CT molecular complexity index is 788. The van der Waals surface area contributed by atoms with Gasteiger partial charge >= 0.3 is 0 Å². The smallest absolute Gasteiger partial charge is 0.141 e. The Balaban J connectivity index is 2.03. The molecular weight excluding hydrogens is 308 g/mol. The highest BCUT2D eigenvalue weighted by Crippen LogP contribution is 2.32. The van der Waals surface area contributed by atoms with E-state index in [0.717, 1.165) is 40.5 Å². The summed E-state index contributed by atoms with van der Waals surface area (Å²) in [5, 5.41) is 3.28. The second kappa shape index (κ2) is 7.02. The molecule has 120 valence electrons. The maximum Gasteiger partial charge on any atom is 0.141 e. The van der Waals surface area contributed by atoms with E-state index in [-0.39, 0.29) is 0 Å². The quantitative estimate of drug-likeness (QED) is 0.694. The van der Waals surface area contributed by atoms with Crippen LogP contribution in [0, 0.1) is 13.8 Å². The van der Waals surface area contributed by atoms with Crippen LogP contribution in [0.5, 0.6) is 0 Å². The van der Waals surface area contributed by atoms with Crippen molar-refractivity contribution in [3.63, 3.8) is 0 Å². The third-order valence-corrected chi connectivity index (χ3v) is 4.66. The average molecular weight is 328 g/mol. The van der Waals surface area contributed by atoms with Gasteiger partial charge in [-0.25, -0.2) is 9.97 Å². The number of hydrogen-bond acceptors (Lipinski definition) is 6. The van der Waals surface area contributed by atoms with Gasteiger partial charge in [-0.05, 0) is 36.4 Å². The number of methoxy groups -OCH3 is 1. The molecule has 0 saturated heterocycles. The molecule has 6 heteroatoms. The van der Waals surface area contributed by atoms with E-state index in [1.807, 2.05) is 19.2 Å². The lowest BCUT2D eigenvalue weighted by Gasteiger charge is -2.24. The summed E-state index contributed by atoms with van der Waals surface area (Å²) in [4.78, 5) is 16.8. The fourth-order valence-corrected chi connectivity index (χ4v) is 3.53. The zero-order valence-corrected chi connectivity index (χ0v) is 14.4. The van der Waals surface area contributed by atoms with Crippen LogP contribution in [0.25, 0.3) is 10.2 Å². The summed E-state index contributed by atoms with van der Waals surface area (Å²) in [5.41, 5.74) is 2.37. The summed E-state index contributed by atoms with van der Waals surface area (Å²) in [6, 6.07) is 4.04. The van der Waals surface area contributed by atoms with Crippen LogP contribution in [0.4, 0.5) is 5.82 Å². The van der Waals surface area contributed by atoms with Gasteiger partial charge in [0.1, 0.15) is 16.5 Å². The van der Waals surface area contributed by atoms with Crippen LogP contribution in [0.2, 0.25) is 0 Å². The fraction of sp³-hybridized carbons (Fsp3) is 0.353. The van der Waals surface area contributed by atoms with E-state index in [1.54, 1.807) is 24.6 Å². The van der Waals surface area contributed by atoms with Gasteiger partial charge in [-0.2, -0.15) is 0 Å². The van der Waals surface area contributed by atoms with Crippen LogP contribution in [-0.4, -0.2) is 35.2 Å². The Morgan fingerprint density at radius 3 is 2.87 bits per heavy atom. The summed E-state index contributed by atoms with van der Waals surface area (Å²) in [7, 11) is 1.72. The van der Waals surface area contributed by atoms with Gasteiger partial charge in [-0.1, -0.05) is 6.07 Å². The number of rotatable bonds is 6. The Labute approximate surface area is 140 Å². The molecule has 0 bridgehead atoms. The summed E-state index contributed by atoms with van der Waals surface area (Å²) in [6.07, 6.45) is 3.69. The first-order valence-electron chi connectivity index (χ1n) is 7.54. The molecule has 0 N–H and O–H groups in total. The second-order valence-electron chi connectivity index (χ2n) is 5.47. The zero-order valence-electron chi connectivity index (χ0n) is 13.6. The Kier molecular flexibility index (Phi) is 4.83. The molecule has 0 saturated carbocycles. The van der Waals surface area contributed by atoms with E-state index in [0.29, 0.717) is 6.61 Å². The SMILES string of the molecule is COCCN(Cc1cccnc1)c1nc(C)nc2scc(C)c12. The Hall–Kier alpha value is -2.05. The van der Waals surface area contributed by atoms with Crippen molar-refractivity contribution in [2.75, 3.05) is 25.2 Å². The Morgan fingerprint density at radius 2 is 2.13 bits per heavy atom. The molecule has 3 rings (SSSR count). The van der Waals surface area contributed by atoms with Crippen LogP contribution < -0.4 is 4.90 Å². The number of anilines is 1. The molecule has 3 aromatic heterocycles. The van der Waals surface area contributed by atoms with E-state index in [9.17, 15) is 0 Å². The van der Waals surface area contributed by atoms with Crippen molar-refractivity contribution in [3.8, 4) is 0 Å². The Morgan fingerprint density at radius 1 is 1.26 bits per heavy atom. The van der Waals surface area contributed by atoms with Gasteiger partial charge in [-0.3, -0.25) is 4.98 Å². The highest BCUT2D eigenvalue weighted by molar-refractivity contribution is 7.17. The molecule has 0 amide bonds. The fourth-order valence-electron chi connectivity index (χ4n) is 2.57. The maximum atomic E-state index is 5.29. The molecule has 0 radical (unpaired) electrons. The van der Waals surface area contributed by atoms with Crippen molar-refractivity contribution in [2.45, 2.75) is 20.4 Å². The van der Waals surface area contributed by atoms with Gasteiger partial charge in [0.25, 0.3) is 0 Å². The number of aryl methyl sites for hydroxylation is 2. The van der Waals surface area contributed by atoms with Gasteiger partial charge in [-0.15, -0.1) is 11.3 Å². The van der Waals surface area contributed by atoms with E-state index in [1.165, 1.54) is 5.56 Å². The minimum absolute atomic E-state index is 0.647. The topological polar surface area (TPSA) is 51.1 Å². The first-order valence-corrected chi connectivity index (χ1v) is 8.42. The standard InChI is InChI=1S/C17H20N4OS/c1-12-11-23-17-15(12)16(19-13(2)20-17)21(7-8-22-3)10-14-5-4-6-18-9-14/h4-6,9,11H,7-8,10H2,1-3H3. The number of pyridine rings is 1. The van der Waals surface area contributed by atoms with E-state index in [2.05, 4.69) is 33.2 Å². The minimum Gasteiger partial charge on any atom is -0.383 e. The van der Waals surface area contributed by atoms with Crippen molar-refractivity contribution in [1.82, 2.24) is 15.0 Å². The lowest BCUT2D eigenvalue weighted by molar-refractivity contribution is 0.205. The number of fused-ring (bicyclic) bond motifs is 1. The van der Waals surface area contributed by atoms with Crippen LogP contribution in [0.1, 0.15) is 17.0 Å². The monoisotopic (exact) mass is 328 g/mol. The van der Waals surface area contributed by atoms with Crippen LogP contribution >= 0.6 is 11.3 Å². The van der Waals surface area contributed by atoms with Gasteiger partial charge in [0.15, 0.2) is 0 Å². The van der Waals surface area contributed by atoms with Gasteiger partial charge < -0.3 is 9.64 Å². The lowest BCUT2D eigenvalue weighted by Crippen LogP contribution is -2.28. The number of thiophene rings is 1. The largest absolute Gasteiger partial charge is 0.383 e. The zero-order chi connectivity index (χ0) is 16.2. The van der Waals surface area contributed by atoms with Crippen LogP contribution in [-0.2, 0) is 11.3 Å².